The Morgan fingerprint density at radius 3 is 2.65 bits per heavy atom. The molecule has 0 amide bonds. The molecule has 1 heterocycles. The summed E-state index contributed by atoms with van der Waals surface area (Å²) in [6, 6.07) is 16.1. The molecule has 2 unspecified atom stereocenters. The molecule has 102 valence electrons. The number of hydrogen-bond donors (Lipinski definition) is 1. The molecule has 4 rings (SSSR count). The fraction of sp³-hybridized carbons (Fsp3) is 0.389. The molecular formula is C18H20N2. The van der Waals surface area contributed by atoms with E-state index >= 15 is 0 Å². The maximum Gasteiger partial charge on any atom is 0.0605 e. The van der Waals surface area contributed by atoms with Gasteiger partial charge in [-0.15, -0.1) is 0 Å². The minimum Gasteiger partial charge on any atom is -0.301 e. The van der Waals surface area contributed by atoms with Crippen LogP contribution in [0.1, 0.15) is 48.2 Å². The third kappa shape index (κ3) is 2.25. The molecule has 2 aliphatic rings. The maximum atomic E-state index is 4.60. The van der Waals surface area contributed by atoms with Gasteiger partial charge in [0.1, 0.15) is 0 Å². The average Bonchev–Trinajstić information content (AvgIpc) is 3.27. The van der Waals surface area contributed by atoms with Crippen LogP contribution in [0.25, 0.3) is 0 Å². The second kappa shape index (κ2) is 5.02. The second-order valence-electron chi connectivity index (χ2n) is 6.03. The molecule has 2 heteroatoms. The Hall–Kier alpha value is -1.67. The maximum absolute atomic E-state index is 4.60. The van der Waals surface area contributed by atoms with Gasteiger partial charge in [-0.05, 0) is 48.8 Å². The Bertz CT molecular complexity index is 589. The average molecular weight is 264 g/mol. The van der Waals surface area contributed by atoms with E-state index in [1.807, 2.05) is 6.20 Å². The molecule has 0 aliphatic heterocycles. The number of nitrogens with zero attached hydrogens (tertiary/aromatic N) is 1. The van der Waals surface area contributed by atoms with Crippen molar-refractivity contribution in [2.75, 3.05) is 0 Å². The number of rotatable bonds is 4. The smallest absolute Gasteiger partial charge is 0.0605 e. The highest BCUT2D eigenvalue weighted by atomic mass is 15.0. The van der Waals surface area contributed by atoms with Crippen molar-refractivity contribution < 1.29 is 0 Å². The first kappa shape index (κ1) is 12.1. The quantitative estimate of drug-likeness (QED) is 0.908. The van der Waals surface area contributed by atoms with Gasteiger partial charge in [0.2, 0.25) is 0 Å². The molecule has 20 heavy (non-hydrogen) atoms. The molecule has 0 radical (unpaired) electrons. The fourth-order valence-corrected chi connectivity index (χ4v) is 3.39. The summed E-state index contributed by atoms with van der Waals surface area (Å²) in [7, 11) is 0. The molecule has 0 saturated heterocycles. The van der Waals surface area contributed by atoms with Crippen molar-refractivity contribution in [1.29, 1.82) is 0 Å². The van der Waals surface area contributed by atoms with Crippen molar-refractivity contribution in [1.82, 2.24) is 10.3 Å². The molecule has 2 aliphatic carbocycles. The van der Waals surface area contributed by atoms with E-state index < -0.39 is 0 Å². The van der Waals surface area contributed by atoms with Gasteiger partial charge in [0.05, 0.1) is 11.7 Å². The molecule has 1 fully saturated rings. The minimum absolute atomic E-state index is 0.428. The first-order chi connectivity index (χ1) is 9.92. The van der Waals surface area contributed by atoms with E-state index in [1.165, 1.54) is 36.1 Å². The highest BCUT2D eigenvalue weighted by Crippen LogP contribution is 2.43. The van der Waals surface area contributed by atoms with E-state index in [4.69, 9.17) is 0 Å². The van der Waals surface area contributed by atoms with E-state index in [0.29, 0.717) is 12.1 Å². The van der Waals surface area contributed by atoms with E-state index in [0.717, 1.165) is 12.3 Å². The number of pyridine rings is 1. The number of benzene rings is 1. The SMILES string of the molecule is c1ccc(C(NC2CCc3cccnc32)C2CC2)cc1. The number of aryl methyl sites for hydroxylation is 1. The predicted molar refractivity (Wildman–Crippen MR) is 80.3 cm³/mol. The van der Waals surface area contributed by atoms with E-state index in [9.17, 15) is 0 Å². The second-order valence-corrected chi connectivity index (χ2v) is 6.03. The molecule has 1 aromatic carbocycles. The number of nitrogens with one attached hydrogen (secondary N) is 1. The summed E-state index contributed by atoms with van der Waals surface area (Å²) in [6.45, 7) is 0. The zero-order valence-electron chi connectivity index (χ0n) is 11.6. The van der Waals surface area contributed by atoms with Crippen molar-refractivity contribution >= 4 is 0 Å². The monoisotopic (exact) mass is 264 g/mol. The van der Waals surface area contributed by atoms with E-state index in [2.05, 4.69) is 52.8 Å². The lowest BCUT2D eigenvalue weighted by Crippen LogP contribution is -2.27. The molecule has 2 atom stereocenters. The van der Waals surface area contributed by atoms with Crippen LogP contribution in [0.3, 0.4) is 0 Å². The van der Waals surface area contributed by atoms with Crippen molar-refractivity contribution in [2.24, 2.45) is 5.92 Å². The lowest BCUT2D eigenvalue weighted by atomic mass is 10.0. The molecule has 2 nitrogen and oxygen atoms in total. The highest BCUT2D eigenvalue weighted by molar-refractivity contribution is 5.29. The van der Waals surface area contributed by atoms with Gasteiger partial charge in [-0.1, -0.05) is 36.4 Å². The van der Waals surface area contributed by atoms with Crippen LogP contribution in [0, 0.1) is 5.92 Å². The summed E-state index contributed by atoms with van der Waals surface area (Å²) in [5.74, 6) is 0.810. The fourth-order valence-electron chi connectivity index (χ4n) is 3.39. The van der Waals surface area contributed by atoms with Gasteiger partial charge in [-0.3, -0.25) is 4.98 Å². The molecule has 2 aromatic rings. The third-order valence-electron chi connectivity index (χ3n) is 4.59. The number of hydrogen-bond acceptors (Lipinski definition) is 2. The number of fused-ring (bicyclic) bond motifs is 1. The van der Waals surface area contributed by atoms with Crippen LogP contribution in [0.5, 0.6) is 0 Å². The largest absolute Gasteiger partial charge is 0.301 e. The van der Waals surface area contributed by atoms with Gasteiger partial charge in [0.15, 0.2) is 0 Å². The topological polar surface area (TPSA) is 24.9 Å². The first-order valence-electron chi connectivity index (χ1n) is 7.66. The van der Waals surface area contributed by atoms with Gasteiger partial charge < -0.3 is 5.32 Å². The Kier molecular flexibility index (Phi) is 3.04. The summed E-state index contributed by atoms with van der Waals surface area (Å²) in [6.07, 6.45) is 6.98. The van der Waals surface area contributed by atoms with E-state index in [1.54, 1.807) is 0 Å². The standard InChI is InChI=1S/C18H20N2/c1-2-5-13(6-3-1)17(15-8-9-15)20-16-11-10-14-7-4-12-19-18(14)16/h1-7,12,15-17,20H,8-11H2. The third-order valence-corrected chi connectivity index (χ3v) is 4.59. The zero-order chi connectivity index (χ0) is 13.4. The van der Waals surface area contributed by atoms with Gasteiger partial charge in [0, 0.05) is 12.2 Å². The normalized spacial score (nSPS) is 22.5. The van der Waals surface area contributed by atoms with Crippen LogP contribution >= 0.6 is 0 Å². The van der Waals surface area contributed by atoms with Crippen LogP contribution in [-0.2, 0) is 6.42 Å². The van der Waals surface area contributed by atoms with Crippen LogP contribution in [0.15, 0.2) is 48.7 Å². The summed E-state index contributed by atoms with van der Waals surface area (Å²) < 4.78 is 0. The van der Waals surface area contributed by atoms with Gasteiger partial charge in [-0.25, -0.2) is 0 Å². The van der Waals surface area contributed by atoms with Crippen LogP contribution < -0.4 is 5.32 Å². The first-order valence-corrected chi connectivity index (χ1v) is 7.66. The van der Waals surface area contributed by atoms with Crippen molar-refractivity contribution in [3.05, 3.63) is 65.5 Å². The van der Waals surface area contributed by atoms with Crippen LogP contribution in [-0.4, -0.2) is 4.98 Å². The zero-order valence-corrected chi connectivity index (χ0v) is 11.6. The highest BCUT2D eigenvalue weighted by Gasteiger charge is 2.35. The van der Waals surface area contributed by atoms with E-state index in [-0.39, 0.29) is 0 Å². The lowest BCUT2D eigenvalue weighted by Gasteiger charge is -2.23. The van der Waals surface area contributed by atoms with Crippen molar-refractivity contribution in [2.45, 2.75) is 37.8 Å². The Morgan fingerprint density at radius 2 is 1.85 bits per heavy atom. The molecular weight excluding hydrogens is 244 g/mol. The summed E-state index contributed by atoms with van der Waals surface area (Å²) >= 11 is 0. The Labute approximate surface area is 120 Å². The van der Waals surface area contributed by atoms with Gasteiger partial charge in [-0.2, -0.15) is 0 Å². The van der Waals surface area contributed by atoms with Crippen LogP contribution in [0.2, 0.25) is 0 Å². The summed E-state index contributed by atoms with van der Waals surface area (Å²) in [5.41, 5.74) is 4.13. The van der Waals surface area contributed by atoms with Gasteiger partial charge in [0.25, 0.3) is 0 Å². The van der Waals surface area contributed by atoms with Crippen LogP contribution in [0.4, 0.5) is 0 Å². The lowest BCUT2D eigenvalue weighted by molar-refractivity contribution is 0.403. The van der Waals surface area contributed by atoms with Gasteiger partial charge >= 0.3 is 0 Å². The molecule has 0 bridgehead atoms. The summed E-state index contributed by atoms with van der Waals surface area (Å²) in [5, 5.41) is 3.89. The molecule has 1 aromatic heterocycles. The predicted octanol–water partition coefficient (Wildman–Crippen LogP) is 3.81. The van der Waals surface area contributed by atoms with Crippen molar-refractivity contribution in [3.63, 3.8) is 0 Å². The summed E-state index contributed by atoms with van der Waals surface area (Å²) in [4.78, 5) is 4.60. The number of aromatic nitrogens is 1. The minimum atomic E-state index is 0.428. The Balaban J connectivity index is 1.58. The molecule has 1 saturated carbocycles. The molecule has 1 N–H and O–H groups in total. The Morgan fingerprint density at radius 1 is 1.00 bits per heavy atom. The molecule has 0 spiro atoms. The van der Waals surface area contributed by atoms with Crippen molar-refractivity contribution in [3.8, 4) is 0 Å².